The summed E-state index contributed by atoms with van der Waals surface area (Å²) in [6.45, 7) is 4.64. The van der Waals surface area contributed by atoms with E-state index in [-0.39, 0.29) is 18.3 Å². The molecule has 2 aliphatic rings. The molecule has 0 amide bonds. The zero-order chi connectivity index (χ0) is 25.8. The van der Waals surface area contributed by atoms with Crippen LogP contribution in [0.2, 0.25) is 10.0 Å². The number of rotatable bonds is 8. The number of Topliss-reactive ketones (excluding diaryl/α,β-unsaturated/α-hetero) is 1. The number of methoxy groups -OCH3 is 1. The van der Waals surface area contributed by atoms with Crippen molar-refractivity contribution in [1.29, 1.82) is 0 Å². The monoisotopic (exact) mass is 529 g/mol. The third kappa shape index (κ3) is 5.46. The summed E-state index contributed by atoms with van der Waals surface area (Å²) in [7, 11) is 1.62. The molecular formula is C28H29Cl2NO5. The quantitative estimate of drug-likeness (QED) is 0.336. The van der Waals surface area contributed by atoms with Crippen molar-refractivity contribution in [3.05, 3.63) is 86.2 Å². The molecule has 0 bridgehead atoms. The Kier molecular flexibility index (Phi) is 8.39. The van der Waals surface area contributed by atoms with E-state index in [1.54, 1.807) is 25.3 Å². The molecule has 1 heterocycles. The Labute approximate surface area is 221 Å². The Morgan fingerprint density at radius 3 is 2.50 bits per heavy atom. The predicted molar refractivity (Wildman–Crippen MR) is 139 cm³/mol. The molecule has 0 unspecified atom stereocenters. The lowest BCUT2D eigenvalue weighted by atomic mass is 9.71. The number of carbonyl (C=O) groups excluding carboxylic acids is 2. The molecule has 2 atom stereocenters. The van der Waals surface area contributed by atoms with Gasteiger partial charge in [0.2, 0.25) is 0 Å². The first-order valence-corrected chi connectivity index (χ1v) is 12.7. The van der Waals surface area contributed by atoms with Crippen LogP contribution in [0.5, 0.6) is 5.75 Å². The molecule has 6 nitrogen and oxygen atoms in total. The molecule has 2 aromatic carbocycles. The summed E-state index contributed by atoms with van der Waals surface area (Å²) in [5.74, 6) is -0.432. The van der Waals surface area contributed by atoms with Gasteiger partial charge in [-0.3, -0.25) is 4.79 Å². The van der Waals surface area contributed by atoms with Crippen molar-refractivity contribution in [2.24, 2.45) is 0 Å². The van der Waals surface area contributed by atoms with E-state index < -0.39 is 11.9 Å². The molecule has 4 rings (SSSR count). The van der Waals surface area contributed by atoms with Gasteiger partial charge in [-0.25, -0.2) is 4.79 Å². The summed E-state index contributed by atoms with van der Waals surface area (Å²) in [4.78, 5) is 27.0. The SMILES string of the molecule is CCOCCOC(=O)C1=C(C)NC2=C(C(=O)C[C@@H](c3ccc(OC)cc3)C2)[C@H]1c1ccc(Cl)cc1Cl. The normalized spacial score (nSPS) is 19.6. The molecule has 0 saturated carbocycles. The minimum Gasteiger partial charge on any atom is -0.497 e. The number of esters is 1. The van der Waals surface area contributed by atoms with Gasteiger partial charge in [0.15, 0.2) is 5.78 Å². The third-order valence-corrected chi connectivity index (χ3v) is 7.14. The lowest BCUT2D eigenvalue weighted by Crippen LogP contribution is -2.36. The van der Waals surface area contributed by atoms with Crippen molar-refractivity contribution < 1.29 is 23.8 Å². The van der Waals surface area contributed by atoms with Crippen LogP contribution in [0.25, 0.3) is 0 Å². The lowest BCUT2D eigenvalue weighted by molar-refractivity contribution is -0.140. The van der Waals surface area contributed by atoms with E-state index in [9.17, 15) is 9.59 Å². The van der Waals surface area contributed by atoms with Crippen LogP contribution in [-0.4, -0.2) is 38.7 Å². The number of nitrogens with one attached hydrogen (secondary N) is 1. The minimum atomic E-state index is -0.657. The number of ketones is 1. The van der Waals surface area contributed by atoms with Crippen LogP contribution in [0.15, 0.2) is 65.0 Å². The van der Waals surface area contributed by atoms with E-state index in [0.29, 0.717) is 58.5 Å². The fraction of sp³-hybridized carbons (Fsp3) is 0.357. The molecule has 190 valence electrons. The van der Waals surface area contributed by atoms with E-state index in [4.69, 9.17) is 37.4 Å². The van der Waals surface area contributed by atoms with Crippen LogP contribution in [0.3, 0.4) is 0 Å². The van der Waals surface area contributed by atoms with E-state index in [0.717, 1.165) is 17.0 Å². The van der Waals surface area contributed by atoms with Crippen LogP contribution < -0.4 is 10.1 Å². The average Bonchev–Trinajstić information content (AvgIpc) is 2.85. The summed E-state index contributed by atoms with van der Waals surface area (Å²) >= 11 is 12.8. The van der Waals surface area contributed by atoms with Gasteiger partial charge in [-0.2, -0.15) is 0 Å². The zero-order valence-corrected chi connectivity index (χ0v) is 22.0. The van der Waals surface area contributed by atoms with Gasteiger partial charge in [0.05, 0.1) is 19.3 Å². The molecule has 1 aliphatic carbocycles. The number of ether oxygens (including phenoxy) is 3. The van der Waals surface area contributed by atoms with Gasteiger partial charge in [-0.1, -0.05) is 41.4 Å². The number of allylic oxidation sites excluding steroid dienone is 3. The van der Waals surface area contributed by atoms with Crippen molar-refractivity contribution >= 4 is 35.0 Å². The number of halogens is 2. The Morgan fingerprint density at radius 1 is 1.08 bits per heavy atom. The Hall–Kier alpha value is -2.80. The van der Waals surface area contributed by atoms with Gasteiger partial charge in [-0.05, 0) is 61.6 Å². The largest absolute Gasteiger partial charge is 0.497 e. The number of hydrogen-bond donors (Lipinski definition) is 1. The predicted octanol–water partition coefficient (Wildman–Crippen LogP) is 5.94. The molecule has 0 fully saturated rings. The number of benzene rings is 2. The Balaban J connectivity index is 1.72. The topological polar surface area (TPSA) is 73.9 Å². The van der Waals surface area contributed by atoms with E-state index in [2.05, 4.69) is 5.32 Å². The smallest absolute Gasteiger partial charge is 0.336 e. The highest BCUT2D eigenvalue weighted by atomic mass is 35.5. The van der Waals surface area contributed by atoms with Crippen LogP contribution >= 0.6 is 23.2 Å². The third-order valence-electron chi connectivity index (χ3n) is 6.57. The second kappa shape index (κ2) is 11.5. The number of carbonyl (C=O) groups is 2. The summed E-state index contributed by atoms with van der Waals surface area (Å²) in [6, 6.07) is 12.9. The molecule has 0 spiro atoms. The lowest BCUT2D eigenvalue weighted by Gasteiger charge is -2.37. The van der Waals surface area contributed by atoms with Crippen LogP contribution in [0.1, 0.15) is 49.7 Å². The van der Waals surface area contributed by atoms with Crippen LogP contribution in [-0.2, 0) is 19.1 Å². The first-order valence-electron chi connectivity index (χ1n) is 11.9. The molecule has 8 heteroatoms. The first-order chi connectivity index (χ1) is 17.3. The Morgan fingerprint density at radius 2 is 1.83 bits per heavy atom. The molecule has 1 N–H and O–H groups in total. The first kappa shape index (κ1) is 26.3. The zero-order valence-electron chi connectivity index (χ0n) is 20.5. The van der Waals surface area contributed by atoms with E-state index >= 15 is 0 Å². The molecule has 1 aliphatic heterocycles. The van der Waals surface area contributed by atoms with Crippen LogP contribution in [0, 0.1) is 0 Å². The number of hydrogen-bond acceptors (Lipinski definition) is 6. The van der Waals surface area contributed by atoms with Crippen LogP contribution in [0.4, 0.5) is 0 Å². The Bertz CT molecular complexity index is 1220. The van der Waals surface area contributed by atoms with E-state index in [1.807, 2.05) is 38.1 Å². The molecule has 36 heavy (non-hydrogen) atoms. The maximum absolute atomic E-state index is 13.7. The van der Waals surface area contributed by atoms with Crippen molar-refractivity contribution in [3.8, 4) is 5.75 Å². The van der Waals surface area contributed by atoms with Crippen molar-refractivity contribution in [2.75, 3.05) is 26.9 Å². The van der Waals surface area contributed by atoms with Gasteiger partial charge < -0.3 is 19.5 Å². The molecule has 0 radical (unpaired) electrons. The average molecular weight is 530 g/mol. The van der Waals surface area contributed by atoms with E-state index in [1.165, 1.54) is 0 Å². The van der Waals surface area contributed by atoms with Gasteiger partial charge in [0, 0.05) is 46.0 Å². The van der Waals surface area contributed by atoms with Gasteiger partial charge in [0.1, 0.15) is 12.4 Å². The maximum atomic E-state index is 13.7. The summed E-state index contributed by atoms with van der Waals surface area (Å²) in [6.07, 6.45) is 0.944. The summed E-state index contributed by atoms with van der Waals surface area (Å²) in [5, 5.41) is 4.21. The fourth-order valence-electron chi connectivity index (χ4n) is 4.88. The standard InChI is InChI=1S/C28H29Cl2NO5/c1-4-35-11-12-36-28(33)25-16(2)31-23-13-18(17-5-8-20(34-3)9-6-17)14-24(32)27(23)26(25)21-10-7-19(29)15-22(21)30/h5-10,15,18,26,31H,4,11-14H2,1-3H3/t18-,26-/m0/s1. The second-order valence-electron chi connectivity index (χ2n) is 8.79. The molecular weight excluding hydrogens is 501 g/mol. The highest BCUT2D eigenvalue weighted by molar-refractivity contribution is 6.35. The van der Waals surface area contributed by atoms with Crippen molar-refractivity contribution in [1.82, 2.24) is 5.32 Å². The van der Waals surface area contributed by atoms with Gasteiger partial charge >= 0.3 is 5.97 Å². The van der Waals surface area contributed by atoms with Crippen molar-refractivity contribution in [2.45, 2.75) is 38.5 Å². The number of dihydropyridines is 1. The van der Waals surface area contributed by atoms with Gasteiger partial charge in [0.25, 0.3) is 0 Å². The van der Waals surface area contributed by atoms with Crippen molar-refractivity contribution in [3.63, 3.8) is 0 Å². The minimum absolute atomic E-state index is 0.00323. The second-order valence-corrected chi connectivity index (χ2v) is 9.63. The highest BCUT2D eigenvalue weighted by Crippen LogP contribution is 2.47. The summed E-state index contributed by atoms with van der Waals surface area (Å²) < 4.78 is 16.1. The van der Waals surface area contributed by atoms with Gasteiger partial charge in [-0.15, -0.1) is 0 Å². The summed E-state index contributed by atoms with van der Waals surface area (Å²) in [5.41, 5.74) is 4.04. The maximum Gasteiger partial charge on any atom is 0.336 e. The molecule has 0 aromatic heterocycles. The molecule has 2 aromatic rings. The fourth-order valence-corrected chi connectivity index (χ4v) is 5.40. The highest BCUT2D eigenvalue weighted by Gasteiger charge is 2.42. The molecule has 0 saturated heterocycles.